The Balaban J connectivity index is 1.86. The maximum atomic E-state index is 5.76. The van der Waals surface area contributed by atoms with Crippen LogP contribution < -0.4 is 4.74 Å². The molecule has 140 valence electrons. The Labute approximate surface area is 157 Å². The van der Waals surface area contributed by atoms with Crippen molar-refractivity contribution in [2.75, 3.05) is 19.8 Å². The number of ether oxygens (including phenoxy) is 3. The molecule has 0 fully saturated rings. The molecule has 2 aromatic carbocycles. The lowest BCUT2D eigenvalue weighted by Crippen LogP contribution is -2.08. The minimum Gasteiger partial charge on any atom is -0.490 e. The zero-order chi connectivity index (χ0) is 18.8. The van der Waals surface area contributed by atoms with Gasteiger partial charge in [0.15, 0.2) is 6.29 Å². The van der Waals surface area contributed by atoms with E-state index in [4.69, 9.17) is 14.2 Å². The van der Waals surface area contributed by atoms with Gasteiger partial charge in [0.2, 0.25) is 0 Å². The van der Waals surface area contributed by atoms with Gasteiger partial charge in [-0.1, -0.05) is 56.3 Å². The maximum absolute atomic E-state index is 5.76. The van der Waals surface area contributed by atoms with Crippen LogP contribution in [-0.2, 0) is 9.47 Å². The Hall–Kier alpha value is -2.10. The van der Waals surface area contributed by atoms with Crippen molar-refractivity contribution in [1.82, 2.24) is 0 Å². The van der Waals surface area contributed by atoms with Gasteiger partial charge in [0.1, 0.15) is 12.4 Å². The van der Waals surface area contributed by atoms with Gasteiger partial charge in [-0.15, -0.1) is 0 Å². The van der Waals surface area contributed by atoms with Gasteiger partial charge in [0.05, 0.1) is 0 Å². The fraction of sp³-hybridized carbons (Fsp3) is 0.391. The van der Waals surface area contributed by atoms with Gasteiger partial charge in [0, 0.05) is 18.8 Å². The Morgan fingerprint density at radius 2 is 1.38 bits per heavy atom. The van der Waals surface area contributed by atoms with Crippen molar-refractivity contribution < 1.29 is 14.2 Å². The third kappa shape index (κ3) is 6.32. The van der Waals surface area contributed by atoms with Gasteiger partial charge in [-0.2, -0.15) is 0 Å². The monoisotopic (exact) mass is 354 g/mol. The molecule has 2 aromatic rings. The van der Waals surface area contributed by atoms with Gasteiger partial charge in [-0.25, -0.2) is 0 Å². The molecule has 0 atom stereocenters. The molecule has 0 aliphatic rings. The van der Waals surface area contributed by atoms with E-state index in [0.29, 0.717) is 25.7 Å². The molecule has 26 heavy (non-hydrogen) atoms. The van der Waals surface area contributed by atoms with Crippen LogP contribution in [0.2, 0.25) is 0 Å². The lowest BCUT2D eigenvalue weighted by atomic mass is 10.0. The van der Waals surface area contributed by atoms with Crippen LogP contribution in [0.4, 0.5) is 0 Å². The summed E-state index contributed by atoms with van der Waals surface area (Å²) in [6, 6.07) is 16.5. The first-order valence-electron chi connectivity index (χ1n) is 9.36. The molecule has 3 nitrogen and oxygen atoms in total. The van der Waals surface area contributed by atoms with Crippen LogP contribution in [0.1, 0.15) is 56.6 Å². The number of rotatable bonds is 10. The average Bonchev–Trinajstić information content (AvgIpc) is 2.66. The number of hydrogen-bond acceptors (Lipinski definition) is 3. The van der Waals surface area contributed by atoms with Crippen molar-refractivity contribution in [1.29, 1.82) is 0 Å². The molecule has 0 unspecified atom stereocenters. The topological polar surface area (TPSA) is 27.7 Å². The first-order valence-corrected chi connectivity index (χ1v) is 9.36. The molecule has 0 amide bonds. The fourth-order valence-electron chi connectivity index (χ4n) is 2.59. The van der Waals surface area contributed by atoms with E-state index in [2.05, 4.69) is 44.2 Å². The largest absolute Gasteiger partial charge is 0.490 e. The SMILES string of the molecule is CCOC(OCC)c1ccc(/C=C/COc2ccc(C(C)C)cc2)cc1. The molecular weight excluding hydrogens is 324 g/mol. The molecule has 3 heteroatoms. The molecule has 0 saturated heterocycles. The van der Waals surface area contributed by atoms with Gasteiger partial charge in [-0.3, -0.25) is 0 Å². The van der Waals surface area contributed by atoms with E-state index in [9.17, 15) is 0 Å². The molecule has 0 saturated carbocycles. The molecule has 0 N–H and O–H groups in total. The maximum Gasteiger partial charge on any atom is 0.183 e. The van der Waals surface area contributed by atoms with Crippen LogP contribution in [0, 0.1) is 0 Å². The van der Waals surface area contributed by atoms with E-state index in [1.165, 1.54) is 5.56 Å². The Bertz CT molecular complexity index is 651. The molecular formula is C23H30O3. The van der Waals surface area contributed by atoms with Crippen LogP contribution in [0.5, 0.6) is 5.75 Å². The summed E-state index contributed by atoms with van der Waals surface area (Å²) in [5.74, 6) is 1.43. The predicted molar refractivity (Wildman–Crippen MR) is 107 cm³/mol. The van der Waals surface area contributed by atoms with Crippen molar-refractivity contribution >= 4 is 6.08 Å². The minimum atomic E-state index is -0.292. The molecule has 0 heterocycles. The summed E-state index contributed by atoms with van der Waals surface area (Å²) in [5.41, 5.74) is 3.48. The third-order valence-electron chi connectivity index (χ3n) is 4.05. The summed E-state index contributed by atoms with van der Waals surface area (Å²) in [4.78, 5) is 0. The predicted octanol–water partition coefficient (Wildman–Crippen LogP) is 5.97. The molecule has 0 aliphatic heterocycles. The van der Waals surface area contributed by atoms with Crippen LogP contribution in [0.15, 0.2) is 54.6 Å². The summed E-state index contributed by atoms with van der Waals surface area (Å²) < 4.78 is 17.0. The lowest BCUT2D eigenvalue weighted by Gasteiger charge is -2.17. The minimum absolute atomic E-state index is 0.292. The van der Waals surface area contributed by atoms with Crippen molar-refractivity contribution in [3.63, 3.8) is 0 Å². The third-order valence-corrected chi connectivity index (χ3v) is 4.05. The molecule has 0 aromatic heterocycles. The Morgan fingerprint density at radius 1 is 0.808 bits per heavy atom. The van der Waals surface area contributed by atoms with Crippen molar-refractivity contribution in [2.24, 2.45) is 0 Å². The van der Waals surface area contributed by atoms with Crippen molar-refractivity contribution in [3.05, 3.63) is 71.3 Å². The highest BCUT2D eigenvalue weighted by Gasteiger charge is 2.10. The fourth-order valence-corrected chi connectivity index (χ4v) is 2.59. The lowest BCUT2D eigenvalue weighted by molar-refractivity contribution is -0.140. The average molecular weight is 354 g/mol. The van der Waals surface area contributed by atoms with Gasteiger partial charge in [0.25, 0.3) is 0 Å². The summed E-state index contributed by atoms with van der Waals surface area (Å²) >= 11 is 0. The molecule has 0 radical (unpaired) electrons. The van der Waals surface area contributed by atoms with Crippen LogP contribution in [-0.4, -0.2) is 19.8 Å². The number of hydrogen-bond donors (Lipinski definition) is 0. The number of benzene rings is 2. The highest BCUT2D eigenvalue weighted by atomic mass is 16.7. The zero-order valence-electron chi connectivity index (χ0n) is 16.3. The van der Waals surface area contributed by atoms with Crippen molar-refractivity contribution in [3.8, 4) is 5.75 Å². The van der Waals surface area contributed by atoms with E-state index in [1.54, 1.807) is 0 Å². The second kappa shape index (κ2) is 10.8. The molecule has 0 aliphatic carbocycles. The molecule has 0 spiro atoms. The van der Waals surface area contributed by atoms with E-state index < -0.39 is 0 Å². The van der Waals surface area contributed by atoms with E-state index in [0.717, 1.165) is 16.9 Å². The van der Waals surface area contributed by atoms with Gasteiger partial charge >= 0.3 is 0 Å². The molecule has 2 rings (SSSR count). The van der Waals surface area contributed by atoms with Crippen LogP contribution in [0.3, 0.4) is 0 Å². The smallest absolute Gasteiger partial charge is 0.183 e. The summed E-state index contributed by atoms with van der Waals surface area (Å²) in [6.45, 7) is 10.1. The Kier molecular flexibility index (Phi) is 8.39. The summed E-state index contributed by atoms with van der Waals surface area (Å²) in [6.07, 6.45) is 3.79. The quantitative estimate of drug-likeness (QED) is 0.492. The summed E-state index contributed by atoms with van der Waals surface area (Å²) in [7, 11) is 0. The molecule has 0 bridgehead atoms. The van der Waals surface area contributed by atoms with Gasteiger partial charge < -0.3 is 14.2 Å². The summed E-state index contributed by atoms with van der Waals surface area (Å²) in [5, 5.41) is 0. The van der Waals surface area contributed by atoms with E-state index in [1.807, 2.05) is 44.2 Å². The highest BCUT2D eigenvalue weighted by Crippen LogP contribution is 2.20. The van der Waals surface area contributed by atoms with Gasteiger partial charge in [-0.05, 0) is 49.1 Å². The van der Waals surface area contributed by atoms with Crippen LogP contribution in [0.25, 0.3) is 6.08 Å². The van der Waals surface area contributed by atoms with Crippen molar-refractivity contribution in [2.45, 2.75) is 39.9 Å². The van der Waals surface area contributed by atoms with Crippen LogP contribution >= 0.6 is 0 Å². The second-order valence-corrected chi connectivity index (χ2v) is 6.35. The first kappa shape index (κ1) is 20.2. The standard InChI is InChI=1S/C23H30O3/c1-5-24-23(25-6-2)21-11-9-19(10-12-21)8-7-17-26-22-15-13-20(14-16-22)18(3)4/h7-16,18,23H,5-6,17H2,1-4H3/b8-7+. The zero-order valence-corrected chi connectivity index (χ0v) is 16.3. The highest BCUT2D eigenvalue weighted by molar-refractivity contribution is 5.50. The Morgan fingerprint density at radius 3 is 1.92 bits per heavy atom. The van der Waals surface area contributed by atoms with E-state index in [-0.39, 0.29) is 6.29 Å². The first-order chi connectivity index (χ1) is 12.6. The second-order valence-electron chi connectivity index (χ2n) is 6.35. The normalized spacial score (nSPS) is 11.6. The van der Waals surface area contributed by atoms with E-state index >= 15 is 0 Å².